The molecule has 3 aromatic rings. The summed E-state index contributed by atoms with van der Waals surface area (Å²) in [5.41, 5.74) is -0.604. The van der Waals surface area contributed by atoms with E-state index in [2.05, 4.69) is 0 Å². The lowest BCUT2D eigenvalue weighted by Crippen LogP contribution is -2.42. The van der Waals surface area contributed by atoms with Crippen LogP contribution in [0.2, 0.25) is 0 Å². The number of amides is 2. The maximum absolute atomic E-state index is 13.1. The van der Waals surface area contributed by atoms with E-state index in [1.807, 2.05) is 6.07 Å². The van der Waals surface area contributed by atoms with E-state index in [1.54, 1.807) is 36.4 Å². The van der Waals surface area contributed by atoms with Gasteiger partial charge in [-0.2, -0.15) is 0 Å². The van der Waals surface area contributed by atoms with E-state index in [0.29, 0.717) is 5.56 Å². The van der Waals surface area contributed by atoms with Crippen LogP contribution in [-0.4, -0.2) is 25.8 Å². The van der Waals surface area contributed by atoms with Gasteiger partial charge < -0.3 is 9.13 Å². The summed E-state index contributed by atoms with van der Waals surface area (Å²) in [6.07, 6.45) is 3.05. The van der Waals surface area contributed by atoms with Crippen molar-refractivity contribution in [3.8, 4) is 0 Å². The van der Waals surface area contributed by atoms with E-state index in [-0.39, 0.29) is 17.7 Å². The Bertz CT molecular complexity index is 1070. The fourth-order valence-corrected chi connectivity index (χ4v) is 2.81. The number of hydrogen-bond donors (Lipinski definition) is 0. The lowest BCUT2D eigenvalue weighted by atomic mass is 10.1. The Kier molecular flexibility index (Phi) is 5.35. The van der Waals surface area contributed by atoms with Crippen molar-refractivity contribution < 1.29 is 9.59 Å². The average Bonchev–Trinajstić information content (AvgIpc) is 2.70. The zero-order valence-electron chi connectivity index (χ0n) is 15.5. The summed E-state index contributed by atoms with van der Waals surface area (Å²) in [7, 11) is 3.05. The first-order valence-corrected chi connectivity index (χ1v) is 8.61. The number of hydrogen-bond acceptors (Lipinski definition) is 4. The smallest absolute Gasteiger partial charge is 0.266 e. The number of benzene rings is 1. The third-order valence-electron chi connectivity index (χ3n) is 4.38. The minimum absolute atomic E-state index is 0.0609. The van der Waals surface area contributed by atoms with E-state index in [9.17, 15) is 19.2 Å². The van der Waals surface area contributed by atoms with Gasteiger partial charge in [0.2, 0.25) is 0 Å². The standard InChI is InChI=1S/C21H19N3O4/c1-22-12-6-10-16(18(22)25)20(27)24(14-15-8-4-3-5-9-15)21(28)17-11-7-13-23(2)19(17)26/h3-13H,14H2,1-2H3. The minimum Gasteiger partial charge on any atom is -0.318 e. The molecule has 0 saturated carbocycles. The highest BCUT2D eigenvalue weighted by Crippen LogP contribution is 2.12. The number of carbonyl (C=O) groups excluding carboxylic acids is 2. The van der Waals surface area contributed by atoms with Crippen molar-refractivity contribution in [3.05, 3.63) is 104 Å². The van der Waals surface area contributed by atoms with Crippen LogP contribution in [0, 0.1) is 0 Å². The Morgan fingerprint density at radius 1 is 0.750 bits per heavy atom. The summed E-state index contributed by atoms with van der Waals surface area (Å²) in [5, 5.41) is 0. The Labute approximate surface area is 161 Å². The summed E-state index contributed by atoms with van der Waals surface area (Å²) < 4.78 is 2.53. The molecule has 0 fully saturated rings. The second kappa shape index (κ2) is 7.87. The summed E-state index contributed by atoms with van der Waals surface area (Å²) in [6, 6.07) is 14.8. The van der Waals surface area contributed by atoms with Crippen molar-refractivity contribution in [1.29, 1.82) is 0 Å². The van der Waals surface area contributed by atoms with E-state index < -0.39 is 22.9 Å². The van der Waals surface area contributed by atoms with Gasteiger partial charge in [-0.3, -0.25) is 24.1 Å². The maximum Gasteiger partial charge on any atom is 0.266 e. The van der Waals surface area contributed by atoms with E-state index in [1.165, 1.54) is 47.8 Å². The van der Waals surface area contributed by atoms with Gasteiger partial charge in [-0.25, -0.2) is 0 Å². The molecule has 3 rings (SSSR count). The van der Waals surface area contributed by atoms with Crippen LogP contribution in [0.3, 0.4) is 0 Å². The van der Waals surface area contributed by atoms with Crippen molar-refractivity contribution in [1.82, 2.24) is 14.0 Å². The fourth-order valence-electron chi connectivity index (χ4n) is 2.81. The predicted molar refractivity (Wildman–Crippen MR) is 104 cm³/mol. The first-order chi connectivity index (χ1) is 13.4. The van der Waals surface area contributed by atoms with Gasteiger partial charge in [0.1, 0.15) is 11.1 Å². The van der Waals surface area contributed by atoms with Crippen LogP contribution in [0.1, 0.15) is 26.3 Å². The molecule has 0 aliphatic rings. The van der Waals surface area contributed by atoms with Gasteiger partial charge in [0, 0.05) is 26.5 Å². The summed E-state index contributed by atoms with van der Waals surface area (Å²) in [6.45, 7) is -0.0609. The zero-order chi connectivity index (χ0) is 20.3. The topological polar surface area (TPSA) is 81.4 Å². The van der Waals surface area contributed by atoms with Crippen LogP contribution in [0.5, 0.6) is 0 Å². The van der Waals surface area contributed by atoms with Crippen LogP contribution in [0.15, 0.2) is 76.6 Å². The van der Waals surface area contributed by atoms with Crippen molar-refractivity contribution in [3.63, 3.8) is 0 Å². The van der Waals surface area contributed by atoms with Crippen LogP contribution in [-0.2, 0) is 20.6 Å². The second-order valence-electron chi connectivity index (χ2n) is 6.36. The molecule has 0 N–H and O–H groups in total. The summed E-state index contributed by atoms with van der Waals surface area (Å²) in [5.74, 6) is -1.50. The monoisotopic (exact) mass is 377 g/mol. The molecule has 0 atom stereocenters. The van der Waals surface area contributed by atoms with Gasteiger partial charge in [0.05, 0.1) is 6.54 Å². The van der Waals surface area contributed by atoms with Gasteiger partial charge in [0.15, 0.2) is 0 Å². The third-order valence-corrected chi connectivity index (χ3v) is 4.38. The van der Waals surface area contributed by atoms with Crippen LogP contribution in [0.4, 0.5) is 0 Å². The van der Waals surface area contributed by atoms with E-state index >= 15 is 0 Å². The number of imide groups is 1. The predicted octanol–water partition coefficient (Wildman–Crippen LogP) is 1.57. The molecular formula is C21H19N3O4. The van der Waals surface area contributed by atoms with Crippen molar-refractivity contribution in [2.45, 2.75) is 6.54 Å². The largest absolute Gasteiger partial charge is 0.318 e. The number of rotatable bonds is 4. The number of nitrogens with zero attached hydrogens (tertiary/aromatic N) is 3. The lowest BCUT2D eigenvalue weighted by molar-refractivity contribution is 0.0601. The molecule has 0 bridgehead atoms. The van der Waals surface area contributed by atoms with Crippen molar-refractivity contribution in [2.24, 2.45) is 14.1 Å². The lowest BCUT2D eigenvalue weighted by Gasteiger charge is -2.21. The molecule has 142 valence electrons. The fraction of sp³-hybridized carbons (Fsp3) is 0.143. The molecule has 2 amide bonds. The zero-order valence-corrected chi connectivity index (χ0v) is 15.5. The quantitative estimate of drug-likeness (QED) is 0.647. The van der Waals surface area contributed by atoms with Gasteiger partial charge in [-0.15, -0.1) is 0 Å². The first-order valence-electron chi connectivity index (χ1n) is 8.61. The third kappa shape index (κ3) is 3.68. The molecule has 7 heteroatoms. The molecule has 0 saturated heterocycles. The normalized spacial score (nSPS) is 10.5. The molecule has 0 spiro atoms. The van der Waals surface area contributed by atoms with E-state index in [4.69, 9.17) is 0 Å². The average molecular weight is 377 g/mol. The molecule has 0 aliphatic heterocycles. The Balaban J connectivity index is 2.09. The molecule has 28 heavy (non-hydrogen) atoms. The van der Waals surface area contributed by atoms with Crippen LogP contribution in [0.25, 0.3) is 0 Å². The Morgan fingerprint density at radius 3 is 1.68 bits per heavy atom. The molecular weight excluding hydrogens is 358 g/mol. The van der Waals surface area contributed by atoms with Gasteiger partial charge in [-0.05, 0) is 29.8 Å². The molecule has 0 unspecified atom stereocenters. The van der Waals surface area contributed by atoms with Crippen LogP contribution < -0.4 is 11.1 Å². The Morgan fingerprint density at radius 2 is 1.21 bits per heavy atom. The minimum atomic E-state index is -0.749. The van der Waals surface area contributed by atoms with Gasteiger partial charge in [-0.1, -0.05) is 30.3 Å². The SMILES string of the molecule is Cn1cccc(C(=O)N(Cc2ccccc2)C(=O)c2cccn(C)c2=O)c1=O. The number of aromatic nitrogens is 2. The number of aryl methyl sites for hydroxylation is 2. The highest BCUT2D eigenvalue weighted by molar-refractivity contribution is 6.10. The van der Waals surface area contributed by atoms with E-state index in [0.717, 1.165) is 4.90 Å². The maximum atomic E-state index is 13.1. The summed E-state index contributed by atoms with van der Waals surface area (Å²) in [4.78, 5) is 51.9. The summed E-state index contributed by atoms with van der Waals surface area (Å²) >= 11 is 0. The molecule has 0 radical (unpaired) electrons. The van der Waals surface area contributed by atoms with Gasteiger partial charge in [0.25, 0.3) is 22.9 Å². The van der Waals surface area contributed by atoms with Crippen LogP contribution >= 0.6 is 0 Å². The first kappa shape index (κ1) is 19.0. The van der Waals surface area contributed by atoms with Gasteiger partial charge >= 0.3 is 0 Å². The Hall–Kier alpha value is -3.74. The van der Waals surface area contributed by atoms with Crippen molar-refractivity contribution in [2.75, 3.05) is 0 Å². The highest BCUT2D eigenvalue weighted by atomic mass is 16.2. The molecule has 0 aliphatic carbocycles. The molecule has 1 aromatic carbocycles. The number of pyridine rings is 2. The molecule has 2 aromatic heterocycles. The molecule has 7 nitrogen and oxygen atoms in total. The van der Waals surface area contributed by atoms with Crippen molar-refractivity contribution >= 4 is 11.8 Å². The second-order valence-corrected chi connectivity index (χ2v) is 6.36. The number of carbonyl (C=O) groups is 2. The molecule has 2 heterocycles. The highest BCUT2D eigenvalue weighted by Gasteiger charge is 2.28.